The van der Waals surface area contributed by atoms with Gasteiger partial charge in [0.05, 0.1) is 12.1 Å². The maximum Gasteiger partial charge on any atom is 0.256 e. The van der Waals surface area contributed by atoms with E-state index >= 15 is 0 Å². The summed E-state index contributed by atoms with van der Waals surface area (Å²) in [5.74, 6) is 5.49. The lowest BCUT2D eigenvalue weighted by molar-refractivity contribution is 0.00919. The molecule has 0 saturated heterocycles. The molecule has 0 spiro atoms. The average molecular weight is 201 g/mol. The Morgan fingerprint density at radius 3 is 2.43 bits per heavy atom. The van der Waals surface area contributed by atoms with Crippen molar-refractivity contribution in [2.24, 2.45) is 0 Å². The summed E-state index contributed by atoms with van der Waals surface area (Å²) >= 11 is 0. The summed E-state index contributed by atoms with van der Waals surface area (Å²) < 4.78 is 25.8. The van der Waals surface area contributed by atoms with Crippen molar-refractivity contribution in [1.82, 2.24) is 5.32 Å². The highest BCUT2D eigenvalue weighted by Gasteiger charge is 2.39. The summed E-state index contributed by atoms with van der Waals surface area (Å²) in [6.45, 7) is 2.10. The molecule has 1 rings (SSSR count). The molecule has 0 aromatic heterocycles. The Kier molecular flexibility index (Phi) is 4.34. The van der Waals surface area contributed by atoms with Crippen LogP contribution in [-0.4, -0.2) is 18.5 Å². The van der Waals surface area contributed by atoms with Crippen LogP contribution >= 0.6 is 0 Å². The van der Waals surface area contributed by atoms with E-state index in [1.54, 1.807) is 6.92 Å². The third kappa shape index (κ3) is 2.68. The Balaban J connectivity index is 2.54. The third-order valence-corrected chi connectivity index (χ3v) is 2.87. The molecular formula is C11H17F2N. The molecule has 14 heavy (non-hydrogen) atoms. The van der Waals surface area contributed by atoms with E-state index in [1.807, 2.05) is 0 Å². The Morgan fingerprint density at radius 1 is 1.29 bits per heavy atom. The SMILES string of the molecule is CC#CCNC1(C(F)F)CCCCC1. The van der Waals surface area contributed by atoms with Gasteiger partial charge in [-0.05, 0) is 19.8 Å². The van der Waals surface area contributed by atoms with Crippen molar-refractivity contribution in [2.75, 3.05) is 6.54 Å². The minimum absolute atomic E-state index is 0.376. The van der Waals surface area contributed by atoms with E-state index in [0.29, 0.717) is 19.4 Å². The molecule has 1 fully saturated rings. The summed E-state index contributed by atoms with van der Waals surface area (Å²) in [5, 5.41) is 2.91. The second-order valence-electron chi connectivity index (χ2n) is 3.80. The van der Waals surface area contributed by atoms with Gasteiger partial charge in [0.2, 0.25) is 0 Å². The maximum atomic E-state index is 12.9. The van der Waals surface area contributed by atoms with Crippen molar-refractivity contribution in [3.63, 3.8) is 0 Å². The van der Waals surface area contributed by atoms with E-state index < -0.39 is 12.0 Å². The zero-order valence-corrected chi connectivity index (χ0v) is 8.58. The van der Waals surface area contributed by atoms with Crippen molar-refractivity contribution in [3.8, 4) is 11.8 Å². The van der Waals surface area contributed by atoms with E-state index in [2.05, 4.69) is 17.2 Å². The first-order valence-corrected chi connectivity index (χ1v) is 5.14. The number of alkyl halides is 2. The minimum atomic E-state index is -2.28. The predicted octanol–water partition coefficient (Wildman–Crippen LogP) is 2.57. The largest absolute Gasteiger partial charge is 0.296 e. The number of hydrogen-bond donors (Lipinski definition) is 1. The molecule has 80 valence electrons. The zero-order chi connectivity index (χ0) is 10.4. The molecule has 1 N–H and O–H groups in total. The average Bonchev–Trinajstić information content (AvgIpc) is 2.19. The van der Waals surface area contributed by atoms with Crippen LogP contribution in [0.25, 0.3) is 0 Å². The van der Waals surface area contributed by atoms with E-state index in [-0.39, 0.29) is 0 Å². The predicted molar refractivity (Wildman–Crippen MR) is 53.3 cm³/mol. The quantitative estimate of drug-likeness (QED) is 0.692. The maximum absolute atomic E-state index is 12.9. The van der Waals surface area contributed by atoms with E-state index in [0.717, 1.165) is 19.3 Å². The highest BCUT2D eigenvalue weighted by atomic mass is 19.3. The number of halogens is 2. The minimum Gasteiger partial charge on any atom is -0.296 e. The van der Waals surface area contributed by atoms with Gasteiger partial charge in [-0.1, -0.05) is 25.2 Å². The second kappa shape index (κ2) is 5.31. The van der Waals surface area contributed by atoms with Crippen molar-refractivity contribution >= 4 is 0 Å². The third-order valence-electron chi connectivity index (χ3n) is 2.87. The van der Waals surface area contributed by atoms with E-state index in [4.69, 9.17) is 0 Å². The molecule has 0 atom stereocenters. The summed E-state index contributed by atoms with van der Waals surface area (Å²) in [5.41, 5.74) is -0.956. The van der Waals surface area contributed by atoms with Gasteiger partial charge < -0.3 is 0 Å². The highest BCUT2D eigenvalue weighted by Crippen LogP contribution is 2.33. The topological polar surface area (TPSA) is 12.0 Å². The van der Waals surface area contributed by atoms with Gasteiger partial charge in [0.15, 0.2) is 0 Å². The molecule has 1 aliphatic rings. The zero-order valence-electron chi connectivity index (χ0n) is 8.58. The Morgan fingerprint density at radius 2 is 1.93 bits per heavy atom. The van der Waals surface area contributed by atoms with Gasteiger partial charge in [-0.25, -0.2) is 8.78 Å². The Bertz CT molecular complexity index is 221. The number of nitrogens with one attached hydrogen (secondary N) is 1. The highest BCUT2D eigenvalue weighted by molar-refractivity contribution is 5.02. The molecule has 0 amide bonds. The molecular weight excluding hydrogens is 184 g/mol. The molecule has 0 aromatic rings. The van der Waals surface area contributed by atoms with Gasteiger partial charge in [0.25, 0.3) is 6.43 Å². The van der Waals surface area contributed by atoms with Crippen molar-refractivity contribution < 1.29 is 8.78 Å². The van der Waals surface area contributed by atoms with Gasteiger partial charge in [0, 0.05) is 0 Å². The number of rotatable bonds is 3. The van der Waals surface area contributed by atoms with Crippen LogP contribution in [0.4, 0.5) is 8.78 Å². The molecule has 1 saturated carbocycles. The Labute approximate surface area is 84.3 Å². The lowest BCUT2D eigenvalue weighted by Gasteiger charge is -2.36. The fourth-order valence-corrected chi connectivity index (χ4v) is 1.96. The van der Waals surface area contributed by atoms with Crippen LogP contribution < -0.4 is 5.32 Å². The van der Waals surface area contributed by atoms with Gasteiger partial charge in [-0.2, -0.15) is 0 Å². The smallest absolute Gasteiger partial charge is 0.256 e. The molecule has 0 bridgehead atoms. The molecule has 0 unspecified atom stereocenters. The molecule has 1 aliphatic carbocycles. The summed E-state index contributed by atoms with van der Waals surface area (Å²) in [7, 11) is 0. The standard InChI is InChI=1S/C11H17F2N/c1-2-3-9-14-11(10(12)13)7-5-4-6-8-11/h10,14H,4-9H2,1H3. The lowest BCUT2D eigenvalue weighted by atomic mass is 9.82. The van der Waals surface area contributed by atoms with Crippen molar-refractivity contribution in [3.05, 3.63) is 0 Å². The molecule has 0 aliphatic heterocycles. The lowest BCUT2D eigenvalue weighted by Crippen LogP contribution is -2.52. The summed E-state index contributed by atoms with van der Waals surface area (Å²) in [4.78, 5) is 0. The van der Waals surface area contributed by atoms with Gasteiger partial charge >= 0.3 is 0 Å². The van der Waals surface area contributed by atoms with Gasteiger partial charge in [0.1, 0.15) is 0 Å². The summed E-state index contributed by atoms with van der Waals surface area (Å²) in [6, 6.07) is 0. The van der Waals surface area contributed by atoms with Crippen LogP contribution in [0.1, 0.15) is 39.0 Å². The van der Waals surface area contributed by atoms with E-state index in [9.17, 15) is 8.78 Å². The van der Waals surface area contributed by atoms with Crippen molar-refractivity contribution in [1.29, 1.82) is 0 Å². The molecule has 1 nitrogen and oxygen atoms in total. The van der Waals surface area contributed by atoms with Crippen LogP contribution in [-0.2, 0) is 0 Å². The van der Waals surface area contributed by atoms with Crippen LogP contribution in [0.5, 0.6) is 0 Å². The van der Waals surface area contributed by atoms with Crippen LogP contribution in [0.3, 0.4) is 0 Å². The second-order valence-corrected chi connectivity index (χ2v) is 3.80. The molecule has 3 heteroatoms. The first-order valence-electron chi connectivity index (χ1n) is 5.14. The van der Waals surface area contributed by atoms with Crippen LogP contribution in [0.15, 0.2) is 0 Å². The molecule has 0 heterocycles. The Hall–Kier alpha value is -0.620. The summed E-state index contributed by atoms with van der Waals surface area (Å²) in [6.07, 6.45) is 1.76. The first kappa shape index (κ1) is 11.5. The van der Waals surface area contributed by atoms with Gasteiger partial charge in [-0.3, -0.25) is 5.32 Å². The normalized spacial score (nSPS) is 20.3. The van der Waals surface area contributed by atoms with Crippen molar-refractivity contribution in [2.45, 2.75) is 51.0 Å². The van der Waals surface area contributed by atoms with Gasteiger partial charge in [-0.15, -0.1) is 5.92 Å². The number of hydrogen-bond acceptors (Lipinski definition) is 1. The fraction of sp³-hybridized carbons (Fsp3) is 0.818. The van der Waals surface area contributed by atoms with Crippen LogP contribution in [0, 0.1) is 11.8 Å². The monoisotopic (exact) mass is 201 g/mol. The first-order chi connectivity index (χ1) is 6.71. The molecule has 0 aromatic carbocycles. The fourth-order valence-electron chi connectivity index (χ4n) is 1.96. The van der Waals surface area contributed by atoms with E-state index in [1.165, 1.54) is 0 Å². The molecule has 0 radical (unpaired) electrons. The van der Waals surface area contributed by atoms with Crippen LogP contribution in [0.2, 0.25) is 0 Å².